The first kappa shape index (κ1) is 9.23. The molecule has 0 N–H and O–H groups in total. The molecule has 0 aliphatic rings. The molecule has 1 radical (unpaired) electrons. The van der Waals surface area contributed by atoms with E-state index in [4.69, 9.17) is 19.1 Å². The number of rotatable bonds is 0. The molecule has 0 fully saturated rings. The molecule has 0 rings (SSSR count). The molecule has 35 valence electrons. The van der Waals surface area contributed by atoms with E-state index in [0.29, 0.717) is 0 Å². The zero-order chi connectivity index (χ0) is 2.71. The summed E-state index contributed by atoms with van der Waals surface area (Å²) >= 11 is -0.106. The van der Waals surface area contributed by atoms with Crippen LogP contribution in [0.5, 0.6) is 0 Å². The van der Waals surface area contributed by atoms with E-state index in [-0.39, 0.29) is 33.0 Å². The summed E-state index contributed by atoms with van der Waals surface area (Å²) in [5.74, 6) is 0. The van der Waals surface area contributed by atoms with Gasteiger partial charge in [-0.15, -0.1) is 0 Å². The Kier molecular flexibility index (Phi) is 20.4. The monoisotopic (exact) mass is 239 g/mol. The first-order chi connectivity index (χ1) is 1.41. The van der Waals surface area contributed by atoms with Gasteiger partial charge in [0.2, 0.25) is 0 Å². The van der Waals surface area contributed by atoms with Gasteiger partial charge in [-0.3, -0.25) is 0 Å². The first-order valence-corrected chi connectivity index (χ1v) is 4.24. The van der Waals surface area contributed by atoms with E-state index < -0.39 is 0 Å². The maximum Gasteiger partial charge on any atom is 0 e. The maximum absolute atomic E-state index is 4.81. The third-order valence-corrected chi connectivity index (χ3v) is 0. The van der Waals surface area contributed by atoms with E-state index in [9.17, 15) is 0 Å². The molecule has 4 heteroatoms. The molecule has 0 atom stereocenters. The summed E-state index contributed by atoms with van der Waals surface area (Å²) in [4.78, 5) is 0. The zero-order valence-corrected chi connectivity index (χ0v) is 5.38. The van der Waals surface area contributed by atoms with Crippen molar-refractivity contribution in [1.82, 2.24) is 0 Å². The Labute approximate surface area is 51.8 Å². The van der Waals surface area contributed by atoms with E-state index in [1.165, 1.54) is 0 Å². The fourth-order valence-corrected chi connectivity index (χ4v) is 0. The maximum atomic E-state index is 4.81. The fraction of sp³-hybridized carbons (Fsp3) is 0. The third-order valence-electron chi connectivity index (χ3n) is 0. The van der Waals surface area contributed by atoms with Crippen LogP contribution in [0.3, 0.4) is 0 Å². The molecule has 0 nitrogen and oxygen atoms in total. The second kappa shape index (κ2) is 8.83. The van der Waals surface area contributed by atoms with Crippen LogP contribution >= 0.6 is 19.1 Å². The second-order valence-electron chi connectivity index (χ2n) is 0.0452. The Balaban J connectivity index is 0. The van der Waals surface area contributed by atoms with E-state index >= 15 is 0 Å². The summed E-state index contributed by atoms with van der Waals surface area (Å²) in [6.45, 7) is 0. The smallest absolute Gasteiger partial charge is 0 e. The largest absolute Gasteiger partial charge is 0 e. The van der Waals surface area contributed by atoms with Gasteiger partial charge in [0, 0.05) is 17.1 Å². The van der Waals surface area contributed by atoms with Crippen LogP contribution in [0.25, 0.3) is 0 Å². The van der Waals surface area contributed by atoms with Crippen molar-refractivity contribution in [3.8, 4) is 0 Å². The summed E-state index contributed by atoms with van der Waals surface area (Å²) in [7, 11) is 9.63. The van der Waals surface area contributed by atoms with Crippen LogP contribution in [-0.4, -0.2) is 0 Å². The zero-order valence-electron chi connectivity index (χ0n) is 1.37. The number of halogens is 2. The van der Waals surface area contributed by atoms with Crippen LogP contribution in [0.2, 0.25) is 0 Å². The first-order valence-electron chi connectivity index (χ1n) is 0.239. The second-order valence-corrected chi connectivity index (χ2v) is 2.41. The molecule has 0 aliphatic heterocycles. The molecule has 0 unspecified atom stereocenters. The SMILES string of the molecule is [Cl][Pd][Cl].[Cu]. The van der Waals surface area contributed by atoms with E-state index in [0.717, 1.165) is 0 Å². The van der Waals surface area contributed by atoms with Gasteiger partial charge in [0.15, 0.2) is 0 Å². The van der Waals surface area contributed by atoms with E-state index in [1.807, 2.05) is 0 Å². The van der Waals surface area contributed by atoms with Gasteiger partial charge in [0.25, 0.3) is 0 Å². The molecule has 0 aliphatic carbocycles. The minimum absolute atomic E-state index is 0. The van der Waals surface area contributed by atoms with Gasteiger partial charge >= 0.3 is 35.0 Å². The van der Waals surface area contributed by atoms with Gasteiger partial charge in [-0.05, 0) is 0 Å². The van der Waals surface area contributed by atoms with Crippen molar-refractivity contribution in [2.45, 2.75) is 0 Å². The summed E-state index contributed by atoms with van der Waals surface area (Å²) in [6.07, 6.45) is 0. The average Bonchev–Trinajstić information content (AvgIpc) is 0.918. The third kappa shape index (κ3) is 9.24. The molecular weight excluding hydrogens is 241 g/mol. The molecule has 0 aromatic carbocycles. The molecule has 0 amide bonds. The Morgan fingerprint density at radius 2 is 1.25 bits per heavy atom. The minimum atomic E-state index is -0.106. The Bertz CT molecular complexity index is 6.00. The molecular formula is Cl2CuPd. The van der Waals surface area contributed by atoms with Crippen molar-refractivity contribution in [1.29, 1.82) is 0 Å². The summed E-state index contributed by atoms with van der Waals surface area (Å²) in [6, 6.07) is 0. The summed E-state index contributed by atoms with van der Waals surface area (Å²) in [5.41, 5.74) is 0. The molecule has 0 aromatic heterocycles. The Morgan fingerprint density at radius 1 is 1.25 bits per heavy atom. The average molecular weight is 241 g/mol. The molecule has 0 heterocycles. The molecule has 4 heavy (non-hydrogen) atoms. The molecule has 0 saturated carbocycles. The van der Waals surface area contributed by atoms with Crippen LogP contribution in [0.15, 0.2) is 0 Å². The van der Waals surface area contributed by atoms with Crippen LogP contribution < -0.4 is 0 Å². The predicted molar refractivity (Wildman–Crippen MR) is 11.7 cm³/mol. The summed E-state index contributed by atoms with van der Waals surface area (Å²) in [5, 5.41) is 0. The molecule has 0 aromatic rings. The van der Waals surface area contributed by atoms with Gasteiger partial charge in [-0.2, -0.15) is 0 Å². The van der Waals surface area contributed by atoms with Gasteiger partial charge in [-0.25, -0.2) is 0 Å². The fourth-order valence-electron chi connectivity index (χ4n) is 0. The van der Waals surface area contributed by atoms with Crippen LogP contribution in [0, 0.1) is 0 Å². The normalized spacial score (nSPS) is 5.50. The standard InChI is InChI=1S/2ClH.Cu.Pd/h2*1H;;/q;;;+2/p-2. The van der Waals surface area contributed by atoms with Gasteiger partial charge in [0.05, 0.1) is 0 Å². The van der Waals surface area contributed by atoms with Crippen molar-refractivity contribution >= 4 is 19.1 Å². The van der Waals surface area contributed by atoms with Crippen molar-refractivity contribution in [3.05, 3.63) is 0 Å². The summed E-state index contributed by atoms with van der Waals surface area (Å²) < 4.78 is 0. The van der Waals surface area contributed by atoms with E-state index in [2.05, 4.69) is 0 Å². The van der Waals surface area contributed by atoms with Crippen molar-refractivity contribution < 1.29 is 33.0 Å². The van der Waals surface area contributed by atoms with Crippen LogP contribution in [0.4, 0.5) is 0 Å². The molecule has 0 bridgehead atoms. The van der Waals surface area contributed by atoms with E-state index in [1.54, 1.807) is 0 Å². The topological polar surface area (TPSA) is 0 Å². The minimum Gasteiger partial charge on any atom is 0 e. The number of hydrogen-bond donors (Lipinski definition) is 0. The van der Waals surface area contributed by atoms with Crippen LogP contribution in [-0.2, 0) is 33.0 Å². The van der Waals surface area contributed by atoms with Crippen molar-refractivity contribution in [2.24, 2.45) is 0 Å². The Morgan fingerprint density at radius 3 is 1.25 bits per heavy atom. The number of hydrogen-bond acceptors (Lipinski definition) is 0. The van der Waals surface area contributed by atoms with Gasteiger partial charge in [0.1, 0.15) is 0 Å². The Hall–Kier alpha value is 1.76. The van der Waals surface area contributed by atoms with Crippen molar-refractivity contribution in [2.75, 3.05) is 0 Å². The molecule has 0 saturated heterocycles. The van der Waals surface area contributed by atoms with Crippen LogP contribution in [0.1, 0.15) is 0 Å². The van der Waals surface area contributed by atoms with Gasteiger partial charge < -0.3 is 0 Å². The van der Waals surface area contributed by atoms with Crippen molar-refractivity contribution in [3.63, 3.8) is 0 Å². The molecule has 0 spiro atoms. The predicted octanol–water partition coefficient (Wildman–Crippen LogP) is 1.37. The quantitative estimate of drug-likeness (QED) is 0.562. The van der Waals surface area contributed by atoms with Gasteiger partial charge in [-0.1, -0.05) is 0 Å².